The number of thiol groups is 1. The van der Waals surface area contributed by atoms with Crippen molar-refractivity contribution < 1.29 is 9.18 Å². The molecule has 0 spiro atoms. The molecule has 0 unspecified atom stereocenters. The molecule has 1 heterocycles. The maximum Gasteiger partial charge on any atom is 0.254 e. The van der Waals surface area contributed by atoms with E-state index in [0.717, 1.165) is 4.88 Å². The van der Waals surface area contributed by atoms with Crippen molar-refractivity contribution in [2.24, 2.45) is 0 Å². The zero-order chi connectivity index (χ0) is 12.3. The number of aromatic nitrogens is 1. The number of nitrogens with one attached hydrogen (secondary N) is 1. The molecule has 0 atom stereocenters. The molecule has 0 aliphatic rings. The third-order valence-electron chi connectivity index (χ3n) is 2.10. The summed E-state index contributed by atoms with van der Waals surface area (Å²) in [5.41, 5.74) is 1.68. The molecule has 0 fully saturated rings. The van der Waals surface area contributed by atoms with E-state index in [4.69, 9.17) is 0 Å². The van der Waals surface area contributed by atoms with Crippen LogP contribution in [0.15, 0.2) is 34.8 Å². The minimum absolute atomic E-state index is 0.00187. The summed E-state index contributed by atoms with van der Waals surface area (Å²) in [5.74, 6) is -1.00. The van der Waals surface area contributed by atoms with Gasteiger partial charge in [0.1, 0.15) is 5.82 Å². The van der Waals surface area contributed by atoms with Crippen LogP contribution in [0.4, 0.5) is 4.39 Å². The molecule has 1 amide bonds. The van der Waals surface area contributed by atoms with Crippen molar-refractivity contribution in [3.63, 3.8) is 0 Å². The van der Waals surface area contributed by atoms with E-state index >= 15 is 0 Å². The molecule has 0 aliphatic heterocycles. The molecular formula is C11H9FN2OS2. The van der Waals surface area contributed by atoms with Gasteiger partial charge in [-0.2, -0.15) is 0 Å². The smallest absolute Gasteiger partial charge is 0.254 e. The van der Waals surface area contributed by atoms with E-state index in [1.165, 1.54) is 29.5 Å². The number of nitrogens with zero attached hydrogens (tertiary/aromatic N) is 1. The van der Waals surface area contributed by atoms with E-state index in [-0.39, 0.29) is 5.56 Å². The highest BCUT2D eigenvalue weighted by Gasteiger charge is 2.11. The minimum atomic E-state index is -0.551. The van der Waals surface area contributed by atoms with Crippen LogP contribution in [-0.2, 0) is 6.54 Å². The summed E-state index contributed by atoms with van der Waals surface area (Å²) in [6.07, 6.45) is 1.66. The number of hydrogen-bond acceptors (Lipinski definition) is 4. The Morgan fingerprint density at radius 1 is 1.53 bits per heavy atom. The Morgan fingerprint density at radius 3 is 3.06 bits per heavy atom. The maximum atomic E-state index is 13.4. The van der Waals surface area contributed by atoms with E-state index < -0.39 is 11.7 Å². The zero-order valence-electron chi connectivity index (χ0n) is 8.68. The lowest BCUT2D eigenvalue weighted by Crippen LogP contribution is -2.23. The van der Waals surface area contributed by atoms with Gasteiger partial charge in [-0.25, -0.2) is 4.39 Å². The largest absolute Gasteiger partial charge is 0.347 e. The van der Waals surface area contributed by atoms with Gasteiger partial charge in [0, 0.05) is 16.0 Å². The van der Waals surface area contributed by atoms with Crippen molar-refractivity contribution in [2.45, 2.75) is 11.4 Å². The summed E-state index contributed by atoms with van der Waals surface area (Å²) in [6, 6.07) is 4.13. The second kappa shape index (κ2) is 5.29. The lowest BCUT2D eigenvalue weighted by Gasteiger charge is -2.05. The molecule has 3 nitrogen and oxygen atoms in total. The van der Waals surface area contributed by atoms with Gasteiger partial charge in [0.15, 0.2) is 0 Å². The topological polar surface area (TPSA) is 42.0 Å². The fourth-order valence-electron chi connectivity index (χ4n) is 1.28. The maximum absolute atomic E-state index is 13.4. The Kier molecular flexibility index (Phi) is 3.75. The average Bonchev–Trinajstić information content (AvgIpc) is 2.82. The SMILES string of the molecule is O=C(NCc1cncs1)c1cc(S)ccc1F. The van der Waals surface area contributed by atoms with Crippen molar-refractivity contribution in [1.29, 1.82) is 0 Å². The Labute approximate surface area is 107 Å². The van der Waals surface area contributed by atoms with Gasteiger partial charge in [-0.15, -0.1) is 24.0 Å². The molecule has 17 heavy (non-hydrogen) atoms. The van der Waals surface area contributed by atoms with Gasteiger partial charge in [0.05, 0.1) is 17.6 Å². The van der Waals surface area contributed by atoms with Gasteiger partial charge in [-0.1, -0.05) is 0 Å². The summed E-state index contributed by atoms with van der Waals surface area (Å²) < 4.78 is 13.4. The first-order valence-electron chi connectivity index (χ1n) is 4.81. The van der Waals surface area contributed by atoms with Crippen LogP contribution in [0.2, 0.25) is 0 Å². The highest BCUT2D eigenvalue weighted by Crippen LogP contribution is 2.13. The van der Waals surface area contributed by atoms with E-state index in [0.29, 0.717) is 11.4 Å². The molecule has 0 saturated heterocycles. The fraction of sp³-hybridized carbons (Fsp3) is 0.0909. The van der Waals surface area contributed by atoms with Gasteiger partial charge >= 0.3 is 0 Å². The Morgan fingerprint density at radius 2 is 2.35 bits per heavy atom. The van der Waals surface area contributed by atoms with E-state index in [1.54, 1.807) is 11.7 Å². The Bertz CT molecular complexity index is 528. The van der Waals surface area contributed by atoms with Crippen molar-refractivity contribution in [2.75, 3.05) is 0 Å². The van der Waals surface area contributed by atoms with Gasteiger partial charge < -0.3 is 5.32 Å². The number of hydrogen-bond donors (Lipinski definition) is 2. The molecule has 6 heteroatoms. The van der Waals surface area contributed by atoms with Gasteiger partial charge in [0.2, 0.25) is 0 Å². The van der Waals surface area contributed by atoms with Crippen LogP contribution in [0.1, 0.15) is 15.2 Å². The number of carbonyl (C=O) groups is 1. The third-order valence-corrected chi connectivity index (χ3v) is 3.16. The molecule has 0 aliphatic carbocycles. The van der Waals surface area contributed by atoms with Crippen LogP contribution in [0, 0.1) is 5.82 Å². The summed E-state index contributed by atoms with van der Waals surface area (Å²) >= 11 is 5.50. The van der Waals surface area contributed by atoms with Gasteiger partial charge in [-0.3, -0.25) is 9.78 Å². The lowest BCUT2D eigenvalue weighted by atomic mass is 10.2. The van der Waals surface area contributed by atoms with Crippen molar-refractivity contribution in [1.82, 2.24) is 10.3 Å². The normalized spacial score (nSPS) is 10.2. The highest BCUT2D eigenvalue weighted by molar-refractivity contribution is 7.80. The second-order valence-corrected chi connectivity index (χ2v) is 4.80. The first kappa shape index (κ1) is 12.1. The standard InChI is InChI=1S/C11H9FN2OS2/c12-10-2-1-7(16)3-9(10)11(15)14-5-8-4-13-6-17-8/h1-4,6,16H,5H2,(H,14,15). The van der Waals surface area contributed by atoms with Crippen molar-refractivity contribution >= 4 is 29.9 Å². The molecular weight excluding hydrogens is 259 g/mol. The predicted molar refractivity (Wildman–Crippen MR) is 66.9 cm³/mol. The summed E-state index contributed by atoms with van der Waals surface area (Å²) in [7, 11) is 0. The molecule has 2 aromatic rings. The number of thiazole rings is 1. The third kappa shape index (κ3) is 3.04. The van der Waals surface area contributed by atoms with Crippen molar-refractivity contribution in [3.05, 3.63) is 46.2 Å². The minimum Gasteiger partial charge on any atom is -0.347 e. The van der Waals surface area contributed by atoms with E-state index in [2.05, 4.69) is 22.9 Å². The molecule has 1 aromatic heterocycles. The Hall–Kier alpha value is -1.40. The number of carbonyl (C=O) groups excluding carboxylic acids is 1. The van der Waals surface area contributed by atoms with E-state index in [1.807, 2.05) is 0 Å². The molecule has 0 radical (unpaired) electrons. The van der Waals surface area contributed by atoms with Gasteiger partial charge in [-0.05, 0) is 18.2 Å². The number of rotatable bonds is 3. The van der Waals surface area contributed by atoms with Crippen LogP contribution in [0.25, 0.3) is 0 Å². The molecule has 88 valence electrons. The second-order valence-electron chi connectivity index (χ2n) is 3.31. The van der Waals surface area contributed by atoms with Crippen molar-refractivity contribution in [3.8, 4) is 0 Å². The monoisotopic (exact) mass is 268 g/mol. The van der Waals surface area contributed by atoms with Crippen LogP contribution < -0.4 is 5.32 Å². The zero-order valence-corrected chi connectivity index (χ0v) is 10.4. The number of halogens is 1. The van der Waals surface area contributed by atoms with E-state index in [9.17, 15) is 9.18 Å². The number of amides is 1. The molecule has 0 saturated carbocycles. The number of benzene rings is 1. The lowest BCUT2D eigenvalue weighted by molar-refractivity contribution is 0.0947. The highest BCUT2D eigenvalue weighted by atomic mass is 32.1. The van der Waals surface area contributed by atoms with Gasteiger partial charge in [0.25, 0.3) is 5.91 Å². The fourth-order valence-corrected chi connectivity index (χ4v) is 2.02. The Balaban J connectivity index is 2.07. The molecule has 1 N–H and O–H groups in total. The first-order chi connectivity index (χ1) is 8.16. The van der Waals surface area contributed by atoms with Crippen LogP contribution >= 0.6 is 24.0 Å². The summed E-state index contributed by atoms with van der Waals surface area (Å²) in [5, 5.41) is 2.63. The van der Waals surface area contributed by atoms with Crippen LogP contribution in [0.3, 0.4) is 0 Å². The summed E-state index contributed by atoms with van der Waals surface area (Å²) in [4.78, 5) is 17.1. The van der Waals surface area contributed by atoms with Crippen LogP contribution in [0.5, 0.6) is 0 Å². The molecule has 1 aromatic carbocycles. The average molecular weight is 268 g/mol. The predicted octanol–water partition coefficient (Wildman–Crippen LogP) is 2.50. The molecule has 0 bridgehead atoms. The molecule has 2 rings (SSSR count). The quantitative estimate of drug-likeness (QED) is 0.840. The summed E-state index contributed by atoms with van der Waals surface area (Å²) in [6.45, 7) is 0.347. The van der Waals surface area contributed by atoms with Crippen LogP contribution in [-0.4, -0.2) is 10.9 Å². The first-order valence-corrected chi connectivity index (χ1v) is 6.13.